The van der Waals surface area contributed by atoms with Gasteiger partial charge in [0.2, 0.25) is 0 Å². The highest BCUT2D eigenvalue weighted by Crippen LogP contribution is 2.42. The van der Waals surface area contributed by atoms with E-state index in [0.717, 1.165) is 18.7 Å². The molecule has 2 aromatic rings. The molecule has 2 bridgehead atoms. The molecule has 0 aromatic carbocycles. The number of fused-ring (bicyclic) bond motifs is 4. The maximum absolute atomic E-state index is 13.1. The van der Waals surface area contributed by atoms with Crippen molar-refractivity contribution >= 4 is 29.3 Å². The Morgan fingerprint density at radius 1 is 1.24 bits per heavy atom. The third kappa shape index (κ3) is 3.12. The summed E-state index contributed by atoms with van der Waals surface area (Å²) in [6.45, 7) is 1.41. The number of carbonyl (C=O) groups excluding carboxylic acids is 2. The SMILES string of the molecule is O=C(NC1CC1(F)F)c1ccc2c(n1)N(C(=O)Nc1cnccn1)[C@H]1CCN2C1. The number of anilines is 3. The average Bonchev–Trinajstić information content (AvgIpc) is 3.09. The molecule has 11 heteroatoms. The zero-order valence-corrected chi connectivity index (χ0v) is 15.2. The van der Waals surface area contributed by atoms with E-state index in [4.69, 9.17) is 0 Å². The van der Waals surface area contributed by atoms with Crippen LogP contribution >= 0.6 is 0 Å². The number of nitrogens with one attached hydrogen (secondary N) is 2. The average molecular weight is 401 g/mol. The number of hydrogen-bond acceptors (Lipinski definition) is 6. The maximum atomic E-state index is 13.1. The molecule has 1 saturated carbocycles. The lowest BCUT2D eigenvalue weighted by Crippen LogP contribution is -2.48. The van der Waals surface area contributed by atoms with Gasteiger partial charge in [-0.3, -0.25) is 20.0 Å². The number of nitrogens with zero attached hydrogens (tertiary/aromatic N) is 5. The first-order valence-corrected chi connectivity index (χ1v) is 9.23. The number of amides is 3. The van der Waals surface area contributed by atoms with Crippen LogP contribution in [0.5, 0.6) is 0 Å². The lowest BCUT2D eigenvalue weighted by molar-refractivity contribution is 0.0845. The molecule has 0 radical (unpaired) electrons. The van der Waals surface area contributed by atoms with Crippen LogP contribution in [0, 0.1) is 0 Å². The highest BCUT2D eigenvalue weighted by molar-refractivity contribution is 6.05. The Balaban J connectivity index is 1.44. The summed E-state index contributed by atoms with van der Waals surface area (Å²) < 4.78 is 26.2. The largest absolute Gasteiger partial charge is 0.366 e. The minimum atomic E-state index is -2.86. The van der Waals surface area contributed by atoms with Crippen LogP contribution in [-0.4, -0.2) is 58.0 Å². The molecule has 5 rings (SSSR count). The molecule has 2 aromatic heterocycles. The highest BCUT2D eigenvalue weighted by Gasteiger charge is 2.58. The second-order valence-electron chi connectivity index (χ2n) is 7.31. The summed E-state index contributed by atoms with van der Waals surface area (Å²) >= 11 is 0. The van der Waals surface area contributed by atoms with Crippen LogP contribution in [0.2, 0.25) is 0 Å². The number of pyridine rings is 1. The Labute approximate surface area is 164 Å². The van der Waals surface area contributed by atoms with Gasteiger partial charge in [-0.2, -0.15) is 0 Å². The Morgan fingerprint density at radius 2 is 2.07 bits per heavy atom. The number of urea groups is 1. The van der Waals surface area contributed by atoms with Gasteiger partial charge in [0, 0.05) is 31.9 Å². The van der Waals surface area contributed by atoms with Gasteiger partial charge in [-0.25, -0.2) is 23.5 Å². The fourth-order valence-corrected chi connectivity index (χ4v) is 3.73. The number of carbonyl (C=O) groups is 2. The van der Waals surface area contributed by atoms with Crippen LogP contribution in [0.3, 0.4) is 0 Å². The smallest absolute Gasteiger partial charge is 0.329 e. The third-order valence-corrected chi connectivity index (χ3v) is 5.33. The molecule has 1 saturated heterocycles. The van der Waals surface area contributed by atoms with Crippen LogP contribution in [0.1, 0.15) is 23.3 Å². The van der Waals surface area contributed by atoms with Crippen molar-refractivity contribution in [2.75, 3.05) is 28.2 Å². The molecule has 150 valence electrons. The molecular weight excluding hydrogens is 384 g/mol. The predicted molar refractivity (Wildman–Crippen MR) is 99.2 cm³/mol. The molecule has 2 N–H and O–H groups in total. The number of halogens is 2. The van der Waals surface area contributed by atoms with Crippen LogP contribution in [0.15, 0.2) is 30.7 Å². The summed E-state index contributed by atoms with van der Waals surface area (Å²) in [4.78, 5) is 41.2. The number of aromatic nitrogens is 3. The zero-order chi connectivity index (χ0) is 20.2. The second kappa shape index (κ2) is 6.33. The van der Waals surface area contributed by atoms with Crippen LogP contribution in [0.25, 0.3) is 0 Å². The van der Waals surface area contributed by atoms with Crippen molar-refractivity contribution in [3.05, 3.63) is 36.4 Å². The van der Waals surface area contributed by atoms with Gasteiger partial charge < -0.3 is 10.2 Å². The van der Waals surface area contributed by atoms with Gasteiger partial charge >= 0.3 is 6.03 Å². The van der Waals surface area contributed by atoms with E-state index in [2.05, 4.69) is 30.5 Å². The Kier molecular flexibility index (Phi) is 3.86. The molecule has 9 nitrogen and oxygen atoms in total. The van der Waals surface area contributed by atoms with Crippen molar-refractivity contribution in [3.8, 4) is 0 Å². The second-order valence-corrected chi connectivity index (χ2v) is 7.31. The topological polar surface area (TPSA) is 103 Å². The molecule has 2 atom stereocenters. The molecule has 3 amide bonds. The molecule has 2 aliphatic heterocycles. The van der Waals surface area contributed by atoms with E-state index in [1.165, 1.54) is 29.6 Å². The van der Waals surface area contributed by atoms with E-state index in [-0.39, 0.29) is 18.2 Å². The van der Waals surface area contributed by atoms with E-state index in [0.29, 0.717) is 18.2 Å². The number of alkyl halides is 2. The van der Waals surface area contributed by atoms with Gasteiger partial charge in [0.25, 0.3) is 11.8 Å². The molecule has 29 heavy (non-hydrogen) atoms. The summed E-state index contributed by atoms with van der Waals surface area (Å²) in [7, 11) is 0. The number of rotatable bonds is 3. The highest BCUT2D eigenvalue weighted by atomic mass is 19.3. The fourth-order valence-electron chi connectivity index (χ4n) is 3.73. The Hall–Kier alpha value is -3.37. The number of hydrogen-bond donors (Lipinski definition) is 2. The van der Waals surface area contributed by atoms with Gasteiger partial charge in [-0.05, 0) is 18.6 Å². The normalized spacial score (nSPS) is 23.4. The molecular formula is C18H17F2N7O2. The van der Waals surface area contributed by atoms with Crippen molar-refractivity contribution in [2.24, 2.45) is 0 Å². The molecule has 3 aliphatic rings. The summed E-state index contributed by atoms with van der Waals surface area (Å²) in [5.41, 5.74) is 0.715. The predicted octanol–water partition coefficient (Wildman–Crippen LogP) is 1.64. The Morgan fingerprint density at radius 3 is 2.79 bits per heavy atom. The first-order chi connectivity index (χ1) is 13.9. The minimum absolute atomic E-state index is 0.00810. The molecule has 1 aliphatic carbocycles. The monoisotopic (exact) mass is 401 g/mol. The standard InChI is InChI=1S/C18H17F2N7O2/c19-18(20)7-13(18)24-16(28)11-1-2-12-15(23-11)27(10-3-6-26(12)9-10)17(29)25-14-8-21-4-5-22-14/h1-2,4-5,8,10,13H,3,6-7,9H2,(H,24,28)(H,22,25,29)/t10-,13?/m0/s1. The van der Waals surface area contributed by atoms with Crippen LogP contribution < -0.4 is 20.4 Å². The summed E-state index contributed by atoms with van der Waals surface area (Å²) in [6, 6.07) is 1.48. The van der Waals surface area contributed by atoms with E-state index >= 15 is 0 Å². The molecule has 1 unspecified atom stereocenters. The maximum Gasteiger partial charge on any atom is 0.329 e. The summed E-state index contributed by atoms with van der Waals surface area (Å²) in [5, 5.41) is 4.98. The quantitative estimate of drug-likeness (QED) is 0.811. The van der Waals surface area contributed by atoms with Gasteiger partial charge in [0.15, 0.2) is 11.6 Å². The first kappa shape index (κ1) is 17.7. The van der Waals surface area contributed by atoms with Crippen molar-refractivity contribution < 1.29 is 18.4 Å². The summed E-state index contributed by atoms with van der Waals surface area (Å²) in [5.74, 6) is -2.92. The van der Waals surface area contributed by atoms with Crippen molar-refractivity contribution in [1.29, 1.82) is 0 Å². The van der Waals surface area contributed by atoms with E-state index in [9.17, 15) is 18.4 Å². The first-order valence-electron chi connectivity index (χ1n) is 9.23. The van der Waals surface area contributed by atoms with Gasteiger partial charge in [0.1, 0.15) is 5.69 Å². The van der Waals surface area contributed by atoms with Crippen molar-refractivity contribution in [2.45, 2.75) is 30.8 Å². The lowest BCUT2D eigenvalue weighted by atomic mass is 10.1. The van der Waals surface area contributed by atoms with Crippen LogP contribution in [0.4, 0.5) is 30.9 Å². The van der Waals surface area contributed by atoms with E-state index in [1.807, 2.05) is 0 Å². The van der Waals surface area contributed by atoms with Gasteiger partial charge in [0.05, 0.1) is 24.0 Å². The van der Waals surface area contributed by atoms with E-state index < -0.39 is 23.9 Å². The lowest BCUT2D eigenvalue weighted by Gasteiger charge is -2.35. The van der Waals surface area contributed by atoms with Crippen molar-refractivity contribution in [1.82, 2.24) is 20.3 Å². The molecule has 0 spiro atoms. The summed E-state index contributed by atoms with van der Waals surface area (Å²) in [6.07, 6.45) is 4.77. The fraction of sp³-hybridized carbons (Fsp3) is 0.389. The van der Waals surface area contributed by atoms with Crippen molar-refractivity contribution in [3.63, 3.8) is 0 Å². The van der Waals surface area contributed by atoms with Crippen LogP contribution in [-0.2, 0) is 0 Å². The molecule has 4 heterocycles. The zero-order valence-electron chi connectivity index (χ0n) is 15.2. The van der Waals surface area contributed by atoms with E-state index in [1.54, 1.807) is 6.07 Å². The third-order valence-electron chi connectivity index (χ3n) is 5.33. The molecule has 2 fully saturated rings. The Bertz CT molecular complexity index is 987. The van der Waals surface area contributed by atoms with Gasteiger partial charge in [-0.1, -0.05) is 0 Å². The van der Waals surface area contributed by atoms with Gasteiger partial charge in [-0.15, -0.1) is 0 Å². The minimum Gasteiger partial charge on any atom is -0.366 e.